The van der Waals surface area contributed by atoms with E-state index in [9.17, 15) is 0 Å². The molecule has 2 N–H and O–H groups in total. The highest BCUT2D eigenvalue weighted by Gasteiger charge is 2.21. The van der Waals surface area contributed by atoms with Crippen LogP contribution in [0.25, 0.3) is 0 Å². The first kappa shape index (κ1) is 12.2. The zero-order chi connectivity index (χ0) is 11.4. The monoisotopic (exact) mass is 210 g/mol. The van der Waals surface area contributed by atoms with Gasteiger partial charge < -0.3 is 10.3 Å². The van der Waals surface area contributed by atoms with Gasteiger partial charge in [0.05, 0.1) is 0 Å². The summed E-state index contributed by atoms with van der Waals surface area (Å²) in [5.74, 6) is 2.87. The van der Waals surface area contributed by atoms with E-state index in [2.05, 4.69) is 35.5 Å². The van der Waals surface area contributed by atoms with Gasteiger partial charge in [-0.1, -0.05) is 20.8 Å². The molecule has 0 aliphatic rings. The molecule has 0 spiro atoms. The van der Waals surface area contributed by atoms with Crippen LogP contribution in [0.15, 0.2) is 0 Å². The van der Waals surface area contributed by atoms with Crippen molar-refractivity contribution in [2.45, 2.75) is 46.6 Å². The third-order valence-electron chi connectivity index (χ3n) is 2.80. The van der Waals surface area contributed by atoms with E-state index in [1.54, 1.807) is 0 Å². The van der Waals surface area contributed by atoms with Crippen LogP contribution in [0.4, 0.5) is 0 Å². The van der Waals surface area contributed by atoms with Crippen LogP contribution in [-0.4, -0.2) is 21.3 Å². The zero-order valence-corrected chi connectivity index (χ0v) is 10.2. The fourth-order valence-corrected chi connectivity index (χ4v) is 1.85. The zero-order valence-electron chi connectivity index (χ0n) is 10.2. The molecule has 1 heterocycles. The van der Waals surface area contributed by atoms with E-state index in [1.807, 2.05) is 6.92 Å². The molecular weight excluding hydrogens is 188 g/mol. The Morgan fingerprint density at radius 1 is 1.33 bits per heavy atom. The quantitative estimate of drug-likeness (QED) is 0.804. The standard InChI is InChI=1S/C11H22N4/c1-5-6-15-9(4)13-14-11(15)10(7-12)8(2)3/h8,10H,5-7,12H2,1-4H3. The molecule has 0 fully saturated rings. The average Bonchev–Trinajstić information content (AvgIpc) is 2.51. The summed E-state index contributed by atoms with van der Waals surface area (Å²) < 4.78 is 2.19. The van der Waals surface area contributed by atoms with Gasteiger partial charge in [0.2, 0.25) is 0 Å². The van der Waals surface area contributed by atoms with Crippen molar-refractivity contribution in [2.75, 3.05) is 6.54 Å². The smallest absolute Gasteiger partial charge is 0.137 e. The second-order valence-corrected chi connectivity index (χ2v) is 4.34. The van der Waals surface area contributed by atoms with Crippen molar-refractivity contribution in [3.8, 4) is 0 Å². The van der Waals surface area contributed by atoms with Crippen LogP contribution < -0.4 is 5.73 Å². The molecule has 0 radical (unpaired) electrons. The summed E-state index contributed by atoms with van der Waals surface area (Å²) in [7, 11) is 0. The van der Waals surface area contributed by atoms with Crippen molar-refractivity contribution in [2.24, 2.45) is 11.7 Å². The van der Waals surface area contributed by atoms with Gasteiger partial charge >= 0.3 is 0 Å². The maximum Gasteiger partial charge on any atom is 0.137 e. The van der Waals surface area contributed by atoms with Gasteiger partial charge in [-0.15, -0.1) is 10.2 Å². The number of aryl methyl sites for hydroxylation is 1. The largest absolute Gasteiger partial charge is 0.330 e. The molecule has 0 amide bonds. The van der Waals surface area contributed by atoms with E-state index in [4.69, 9.17) is 5.73 Å². The fraction of sp³-hybridized carbons (Fsp3) is 0.818. The van der Waals surface area contributed by atoms with Crippen molar-refractivity contribution < 1.29 is 0 Å². The highest BCUT2D eigenvalue weighted by Crippen LogP contribution is 2.22. The predicted molar refractivity (Wildman–Crippen MR) is 61.7 cm³/mol. The fourth-order valence-electron chi connectivity index (χ4n) is 1.85. The van der Waals surface area contributed by atoms with Gasteiger partial charge in [-0.05, 0) is 19.3 Å². The molecule has 0 aromatic carbocycles. The molecule has 86 valence electrons. The first-order chi connectivity index (χ1) is 7.11. The van der Waals surface area contributed by atoms with E-state index >= 15 is 0 Å². The van der Waals surface area contributed by atoms with Crippen molar-refractivity contribution in [1.82, 2.24) is 14.8 Å². The molecule has 1 unspecified atom stereocenters. The first-order valence-corrected chi connectivity index (χ1v) is 5.71. The van der Waals surface area contributed by atoms with Crippen LogP contribution in [0.5, 0.6) is 0 Å². The van der Waals surface area contributed by atoms with E-state index in [-0.39, 0.29) is 0 Å². The molecule has 1 aromatic rings. The lowest BCUT2D eigenvalue weighted by Gasteiger charge is -2.19. The van der Waals surface area contributed by atoms with Crippen LogP contribution >= 0.6 is 0 Å². The number of nitrogens with two attached hydrogens (primary N) is 1. The lowest BCUT2D eigenvalue weighted by Crippen LogP contribution is -2.22. The summed E-state index contributed by atoms with van der Waals surface area (Å²) in [5.41, 5.74) is 5.80. The summed E-state index contributed by atoms with van der Waals surface area (Å²) >= 11 is 0. The normalized spacial score (nSPS) is 13.5. The molecule has 4 nitrogen and oxygen atoms in total. The minimum Gasteiger partial charge on any atom is -0.330 e. The Morgan fingerprint density at radius 3 is 2.47 bits per heavy atom. The Bertz CT molecular complexity index is 304. The van der Waals surface area contributed by atoms with E-state index < -0.39 is 0 Å². The van der Waals surface area contributed by atoms with Crippen molar-refractivity contribution in [3.63, 3.8) is 0 Å². The molecule has 1 aromatic heterocycles. The molecular formula is C11H22N4. The number of aromatic nitrogens is 3. The lowest BCUT2D eigenvalue weighted by molar-refractivity contribution is 0.456. The minimum atomic E-state index is 0.317. The van der Waals surface area contributed by atoms with Gasteiger partial charge in [0.25, 0.3) is 0 Å². The van der Waals surface area contributed by atoms with Crippen molar-refractivity contribution in [3.05, 3.63) is 11.6 Å². The number of hydrogen-bond donors (Lipinski definition) is 1. The molecule has 0 aliphatic carbocycles. The summed E-state index contributed by atoms with van der Waals surface area (Å²) in [6, 6.07) is 0. The number of nitrogens with zero attached hydrogens (tertiary/aromatic N) is 3. The van der Waals surface area contributed by atoms with E-state index in [1.165, 1.54) is 0 Å². The van der Waals surface area contributed by atoms with Crippen LogP contribution in [0.3, 0.4) is 0 Å². The second-order valence-electron chi connectivity index (χ2n) is 4.34. The summed E-state index contributed by atoms with van der Waals surface area (Å²) in [6.45, 7) is 10.1. The Balaban J connectivity index is 3.00. The predicted octanol–water partition coefficient (Wildman–Crippen LogP) is 1.69. The van der Waals surface area contributed by atoms with Gasteiger partial charge in [-0.25, -0.2) is 0 Å². The molecule has 0 saturated heterocycles. The molecule has 0 saturated carbocycles. The van der Waals surface area contributed by atoms with Gasteiger partial charge in [0, 0.05) is 19.0 Å². The van der Waals surface area contributed by atoms with Crippen LogP contribution in [-0.2, 0) is 6.54 Å². The third kappa shape index (κ3) is 2.56. The maximum atomic E-state index is 5.80. The molecule has 0 bridgehead atoms. The van der Waals surface area contributed by atoms with Crippen molar-refractivity contribution in [1.29, 1.82) is 0 Å². The Morgan fingerprint density at radius 2 is 2.00 bits per heavy atom. The molecule has 4 heteroatoms. The van der Waals surface area contributed by atoms with Gasteiger partial charge in [0.1, 0.15) is 11.6 Å². The average molecular weight is 210 g/mol. The SMILES string of the molecule is CCCn1c(C)nnc1C(CN)C(C)C. The van der Waals surface area contributed by atoms with Crippen LogP contribution in [0, 0.1) is 12.8 Å². The summed E-state index contributed by atoms with van der Waals surface area (Å²) in [6.07, 6.45) is 1.10. The molecule has 0 aliphatic heterocycles. The van der Waals surface area contributed by atoms with Gasteiger partial charge in [0.15, 0.2) is 0 Å². The van der Waals surface area contributed by atoms with E-state index in [0.29, 0.717) is 18.4 Å². The number of hydrogen-bond acceptors (Lipinski definition) is 3. The highest BCUT2D eigenvalue weighted by molar-refractivity contribution is 5.03. The Labute approximate surface area is 91.9 Å². The van der Waals surface area contributed by atoms with Crippen LogP contribution in [0.1, 0.15) is 44.8 Å². The molecule has 1 rings (SSSR count). The molecule has 1 atom stereocenters. The lowest BCUT2D eigenvalue weighted by atomic mass is 9.95. The van der Waals surface area contributed by atoms with Gasteiger partial charge in [-0.2, -0.15) is 0 Å². The van der Waals surface area contributed by atoms with Crippen LogP contribution in [0.2, 0.25) is 0 Å². The highest BCUT2D eigenvalue weighted by atomic mass is 15.3. The maximum absolute atomic E-state index is 5.80. The minimum absolute atomic E-state index is 0.317. The Hall–Kier alpha value is -0.900. The topological polar surface area (TPSA) is 56.7 Å². The summed E-state index contributed by atoms with van der Waals surface area (Å²) in [4.78, 5) is 0. The van der Waals surface area contributed by atoms with Gasteiger partial charge in [-0.3, -0.25) is 0 Å². The molecule has 15 heavy (non-hydrogen) atoms. The first-order valence-electron chi connectivity index (χ1n) is 5.71. The second kappa shape index (κ2) is 5.26. The Kier molecular flexibility index (Phi) is 4.27. The third-order valence-corrected chi connectivity index (χ3v) is 2.80. The van der Waals surface area contributed by atoms with Crippen molar-refractivity contribution >= 4 is 0 Å². The number of rotatable bonds is 5. The van der Waals surface area contributed by atoms with E-state index in [0.717, 1.165) is 24.6 Å². The summed E-state index contributed by atoms with van der Waals surface area (Å²) in [5, 5.41) is 8.40.